The fourth-order valence-corrected chi connectivity index (χ4v) is 4.55. The molecule has 0 atom stereocenters. The molecule has 9 heteroatoms. The SMILES string of the molecule is N#Cc1ccc(COc2cc(Cl)ccc2-c2nc3cc(F)c(F)cc3n2CC2CCOCC2)c(F)c1. The number of nitrogens with zero attached hydrogens (tertiary/aromatic N) is 3. The second-order valence-corrected chi connectivity index (χ2v) is 9.14. The summed E-state index contributed by atoms with van der Waals surface area (Å²) in [7, 11) is 0. The largest absolute Gasteiger partial charge is 0.488 e. The van der Waals surface area contributed by atoms with Crippen LogP contribution in [-0.4, -0.2) is 22.8 Å². The van der Waals surface area contributed by atoms with Gasteiger partial charge in [0.25, 0.3) is 0 Å². The van der Waals surface area contributed by atoms with Gasteiger partial charge in [-0.25, -0.2) is 18.2 Å². The number of fused-ring (bicyclic) bond motifs is 1. The fraction of sp³-hybridized carbons (Fsp3) is 0.259. The van der Waals surface area contributed by atoms with Crippen molar-refractivity contribution in [1.29, 1.82) is 5.26 Å². The van der Waals surface area contributed by atoms with Crippen molar-refractivity contribution in [3.63, 3.8) is 0 Å². The summed E-state index contributed by atoms with van der Waals surface area (Å²) in [5.41, 5.74) is 1.81. The zero-order valence-corrected chi connectivity index (χ0v) is 19.9. The molecule has 3 aromatic carbocycles. The van der Waals surface area contributed by atoms with E-state index in [2.05, 4.69) is 4.98 Å². The van der Waals surface area contributed by atoms with Crippen LogP contribution in [0, 0.1) is 34.7 Å². The summed E-state index contributed by atoms with van der Waals surface area (Å²) in [5, 5.41) is 9.37. The number of aromatic nitrogens is 2. The number of nitriles is 1. The quantitative estimate of drug-likeness (QED) is 0.291. The molecule has 0 unspecified atom stereocenters. The maximum Gasteiger partial charge on any atom is 0.161 e. The van der Waals surface area contributed by atoms with Crippen LogP contribution in [0.15, 0.2) is 48.5 Å². The van der Waals surface area contributed by atoms with E-state index < -0.39 is 17.5 Å². The molecule has 5 nitrogen and oxygen atoms in total. The van der Waals surface area contributed by atoms with Gasteiger partial charge < -0.3 is 14.0 Å². The van der Waals surface area contributed by atoms with Crippen molar-refractivity contribution < 1.29 is 22.6 Å². The molecule has 0 spiro atoms. The van der Waals surface area contributed by atoms with Crippen LogP contribution in [0.25, 0.3) is 22.4 Å². The number of imidazole rings is 1. The minimum Gasteiger partial charge on any atom is -0.488 e. The van der Waals surface area contributed by atoms with Crippen molar-refractivity contribution in [3.8, 4) is 23.2 Å². The highest BCUT2D eigenvalue weighted by atomic mass is 35.5. The van der Waals surface area contributed by atoms with Gasteiger partial charge in [-0.2, -0.15) is 5.26 Å². The number of rotatable bonds is 6. The van der Waals surface area contributed by atoms with Crippen LogP contribution in [-0.2, 0) is 17.9 Å². The Morgan fingerprint density at radius 1 is 1.03 bits per heavy atom. The highest BCUT2D eigenvalue weighted by Crippen LogP contribution is 2.36. The Morgan fingerprint density at radius 3 is 2.56 bits per heavy atom. The molecule has 2 heterocycles. The lowest BCUT2D eigenvalue weighted by atomic mass is 10.00. The lowest BCUT2D eigenvalue weighted by Gasteiger charge is -2.24. The summed E-state index contributed by atoms with van der Waals surface area (Å²) in [6.07, 6.45) is 1.68. The molecule has 36 heavy (non-hydrogen) atoms. The maximum absolute atomic E-state index is 14.4. The molecule has 0 saturated carbocycles. The van der Waals surface area contributed by atoms with E-state index in [0.29, 0.717) is 53.0 Å². The molecule has 0 amide bonds. The minimum absolute atomic E-state index is 0.117. The van der Waals surface area contributed by atoms with Gasteiger partial charge in [-0.1, -0.05) is 17.7 Å². The lowest BCUT2D eigenvalue weighted by molar-refractivity contribution is 0.0617. The van der Waals surface area contributed by atoms with Crippen LogP contribution in [0.5, 0.6) is 5.75 Å². The highest BCUT2D eigenvalue weighted by Gasteiger charge is 2.23. The van der Waals surface area contributed by atoms with Crippen LogP contribution in [0.1, 0.15) is 24.0 Å². The van der Waals surface area contributed by atoms with E-state index in [9.17, 15) is 13.2 Å². The molecular weight excluding hydrogens is 491 g/mol. The molecular formula is C27H21ClF3N3O2. The standard InChI is InChI=1S/C27H21ClF3N3O2/c28-19-3-4-20(26(10-19)36-15-18-2-1-17(13-32)9-21(18)29)27-33-24-11-22(30)23(31)12-25(24)34(27)14-16-5-7-35-8-6-16/h1-4,9-12,16H,5-8,14-15H2. The average Bonchev–Trinajstić information content (AvgIpc) is 3.20. The first-order valence-corrected chi connectivity index (χ1v) is 11.8. The molecule has 0 N–H and O–H groups in total. The normalized spacial score (nSPS) is 14.2. The van der Waals surface area contributed by atoms with E-state index in [0.717, 1.165) is 31.0 Å². The second kappa shape index (κ2) is 10.2. The van der Waals surface area contributed by atoms with Crippen molar-refractivity contribution in [2.75, 3.05) is 13.2 Å². The molecule has 0 bridgehead atoms. The van der Waals surface area contributed by atoms with Crippen molar-refractivity contribution in [1.82, 2.24) is 9.55 Å². The van der Waals surface area contributed by atoms with Crippen LogP contribution in [0.4, 0.5) is 13.2 Å². The summed E-state index contributed by atoms with van der Waals surface area (Å²) >= 11 is 6.24. The molecule has 1 saturated heterocycles. The minimum atomic E-state index is -0.978. The van der Waals surface area contributed by atoms with Crippen LogP contribution in [0.3, 0.4) is 0 Å². The predicted octanol–water partition coefficient (Wildman–Crippen LogP) is 6.65. The molecule has 1 fully saturated rings. The number of ether oxygens (including phenoxy) is 2. The predicted molar refractivity (Wildman–Crippen MR) is 129 cm³/mol. The summed E-state index contributed by atoms with van der Waals surface area (Å²) in [4.78, 5) is 4.63. The number of hydrogen-bond acceptors (Lipinski definition) is 4. The number of benzene rings is 3. The smallest absolute Gasteiger partial charge is 0.161 e. The van der Waals surface area contributed by atoms with Crippen LogP contribution >= 0.6 is 11.6 Å². The zero-order chi connectivity index (χ0) is 25.2. The molecule has 5 rings (SSSR count). The Balaban J connectivity index is 1.56. The van der Waals surface area contributed by atoms with Gasteiger partial charge in [0.15, 0.2) is 11.6 Å². The third-order valence-electron chi connectivity index (χ3n) is 6.32. The molecule has 184 valence electrons. The van der Waals surface area contributed by atoms with Crippen LogP contribution in [0.2, 0.25) is 5.02 Å². The average molecular weight is 512 g/mol. The second-order valence-electron chi connectivity index (χ2n) is 8.70. The van der Waals surface area contributed by atoms with Crippen molar-refractivity contribution in [2.45, 2.75) is 26.0 Å². The van der Waals surface area contributed by atoms with E-state index >= 15 is 0 Å². The van der Waals surface area contributed by atoms with Gasteiger partial charge in [-0.3, -0.25) is 0 Å². The van der Waals surface area contributed by atoms with Crippen molar-refractivity contribution in [2.24, 2.45) is 5.92 Å². The lowest BCUT2D eigenvalue weighted by Crippen LogP contribution is -2.20. The van der Waals surface area contributed by atoms with E-state index in [1.54, 1.807) is 18.2 Å². The highest BCUT2D eigenvalue weighted by molar-refractivity contribution is 6.30. The molecule has 0 radical (unpaired) electrons. The van der Waals surface area contributed by atoms with Crippen LogP contribution < -0.4 is 4.74 Å². The Morgan fingerprint density at radius 2 is 1.81 bits per heavy atom. The van der Waals surface area contributed by atoms with E-state index in [4.69, 9.17) is 26.3 Å². The van der Waals surface area contributed by atoms with Gasteiger partial charge in [0, 0.05) is 42.5 Å². The van der Waals surface area contributed by atoms with Gasteiger partial charge in [0.1, 0.15) is 24.0 Å². The molecule has 4 aromatic rings. The van der Waals surface area contributed by atoms with E-state index in [1.807, 2.05) is 10.6 Å². The number of hydrogen-bond donors (Lipinski definition) is 0. The van der Waals surface area contributed by atoms with Gasteiger partial charge >= 0.3 is 0 Å². The van der Waals surface area contributed by atoms with Gasteiger partial charge in [0.2, 0.25) is 0 Å². The summed E-state index contributed by atoms with van der Waals surface area (Å²) in [6.45, 7) is 1.70. The molecule has 1 aliphatic rings. The Labute approximate surface area is 210 Å². The Kier molecular flexibility index (Phi) is 6.86. The Bertz CT molecular complexity index is 1480. The summed E-state index contributed by atoms with van der Waals surface area (Å²) in [6, 6.07) is 13.3. The van der Waals surface area contributed by atoms with Gasteiger partial charge in [0.05, 0.1) is 28.2 Å². The molecule has 1 aliphatic heterocycles. The van der Waals surface area contributed by atoms with Crippen molar-refractivity contribution >= 4 is 22.6 Å². The monoisotopic (exact) mass is 511 g/mol. The third-order valence-corrected chi connectivity index (χ3v) is 6.56. The third kappa shape index (κ3) is 4.90. The first-order chi connectivity index (χ1) is 17.4. The molecule has 1 aromatic heterocycles. The zero-order valence-electron chi connectivity index (χ0n) is 19.1. The first-order valence-electron chi connectivity index (χ1n) is 11.5. The maximum atomic E-state index is 14.4. The first kappa shape index (κ1) is 24.2. The van der Waals surface area contributed by atoms with E-state index in [1.165, 1.54) is 12.1 Å². The van der Waals surface area contributed by atoms with Gasteiger partial charge in [-0.15, -0.1) is 0 Å². The van der Waals surface area contributed by atoms with E-state index in [-0.39, 0.29) is 23.7 Å². The topological polar surface area (TPSA) is 60.1 Å². The summed E-state index contributed by atoms with van der Waals surface area (Å²) < 4.78 is 56.0. The summed E-state index contributed by atoms with van der Waals surface area (Å²) in [5.74, 6) is -1.41. The fourth-order valence-electron chi connectivity index (χ4n) is 4.39. The molecule has 0 aliphatic carbocycles. The Hall–Kier alpha value is -3.54. The van der Waals surface area contributed by atoms with Crippen molar-refractivity contribution in [3.05, 3.63) is 82.1 Å². The van der Waals surface area contributed by atoms with Gasteiger partial charge in [-0.05, 0) is 49.1 Å². The number of halogens is 4.